The molecule has 2 unspecified atom stereocenters. The predicted molar refractivity (Wildman–Crippen MR) is 64.4 cm³/mol. The van der Waals surface area contributed by atoms with Gasteiger partial charge in [-0.2, -0.15) is 0 Å². The Morgan fingerprint density at radius 2 is 2.12 bits per heavy atom. The lowest BCUT2D eigenvalue weighted by Crippen LogP contribution is -2.43. The van der Waals surface area contributed by atoms with Gasteiger partial charge in [-0.15, -0.1) is 0 Å². The average molecular weight is 242 g/mol. The molecule has 1 saturated carbocycles. The summed E-state index contributed by atoms with van der Waals surface area (Å²) >= 11 is 0. The van der Waals surface area contributed by atoms with Crippen molar-refractivity contribution in [3.63, 3.8) is 0 Å². The Balaban J connectivity index is 2.59. The highest BCUT2D eigenvalue weighted by atomic mass is 16.4. The molecule has 17 heavy (non-hydrogen) atoms. The topological polar surface area (TPSA) is 83.6 Å². The van der Waals surface area contributed by atoms with E-state index in [1.54, 1.807) is 0 Å². The zero-order valence-corrected chi connectivity index (χ0v) is 10.4. The van der Waals surface area contributed by atoms with E-state index in [0.29, 0.717) is 13.0 Å². The van der Waals surface area contributed by atoms with E-state index >= 15 is 0 Å². The number of amides is 1. The summed E-state index contributed by atoms with van der Waals surface area (Å²) in [6.07, 6.45) is 4.24. The summed E-state index contributed by atoms with van der Waals surface area (Å²) in [5.41, 5.74) is 5.85. The highest BCUT2D eigenvalue weighted by Crippen LogP contribution is 2.25. The lowest BCUT2D eigenvalue weighted by Gasteiger charge is -2.30. The smallest absolute Gasteiger partial charge is 0.323 e. The van der Waals surface area contributed by atoms with Crippen LogP contribution in [0.2, 0.25) is 0 Å². The van der Waals surface area contributed by atoms with Crippen molar-refractivity contribution in [2.24, 2.45) is 11.7 Å². The molecule has 98 valence electrons. The molecule has 0 aromatic carbocycles. The standard InChI is InChI=1S/C12H22N2O3/c1-2-6-14(8-11(15)16)12(17)9-4-3-5-10(13)7-9/h9-10H,2-8,13H2,1H3,(H,15,16). The predicted octanol–water partition coefficient (Wildman–Crippen LogP) is 0.827. The zero-order chi connectivity index (χ0) is 12.8. The van der Waals surface area contributed by atoms with Crippen molar-refractivity contribution in [3.05, 3.63) is 0 Å². The largest absolute Gasteiger partial charge is 0.480 e. The van der Waals surface area contributed by atoms with Crippen LogP contribution in [0.25, 0.3) is 0 Å². The first-order chi connectivity index (χ1) is 8.04. The second-order valence-electron chi connectivity index (χ2n) is 4.78. The van der Waals surface area contributed by atoms with Gasteiger partial charge < -0.3 is 15.7 Å². The van der Waals surface area contributed by atoms with E-state index in [9.17, 15) is 9.59 Å². The molecule has 1 aliphatic rings. The number of carbonyl (C=O) groups is 2. The van der Waals surface area contributed by atoms with Gasteiger partial charge in [-0.3, -0.25) is 9.59 Å². The van der Waals surface area contributed by atoms with Crippen LogP contribution in [0.3, 0.4) is 0 Å². The molecule has 0 saturated heterocycles. The first kappa shape index (κ1) is 14.0. The third-order valence-electron chi connectivity index (χ3n) is 3.20. The summed E-state index contributed by atoms with van der Waals surface area (Å²) < 4.78 is 0. The maximum atomic E-state index is 12.2. The molecular formula is C12H22N2O3. The van der Waals surface area contributed by atoms with Crippen LogP contribution in [0.4, 0.5) is 0 Å². The van der Waals surface area contributed by atoms with Gasteiger partial charge in [-0.05, 0) is 25.7 Å². The van der Waals surface area contributed by atoms with Crippen LogP contribution in [0.15, 0.2) is 0 Å². The van der Waals surface area contributed by atoms with Crippen molar-refractivity contribution < 1.29 is 14.7 Å². The van der Waals surface area contributed by atoms with Crippen LogP contribution in [0.5, 0.6) is 0 Å². The molecule has 0 bridgehead atoms. The summed E-state index contributed by atoms with van der Waals surface area (Å²) in [5.74, 6) is -1.07. The summed E-state index contributed by atoms with van der Waals surface area (Å²) in [5, 5.41) is 8.79. The van der Waals surface area contributed by atoms with Gasteiger partial charge in [0, 0.05) is 18.5 Å². The zero-order valence-electron chi connectivity index (χ0n) is 10.4. The van der Waals surface area contributed by atoms with E-state index in [2.05, 4.69) is 0 Å². The average Bonchev–Trinajstić information content (AvgIpc) is 2.27. The van der Waals surface area contributed by atoms with E-state index in [-0.39, 0.29) is 24.4 Å². The van der Waals surface area contributed by atoms with Crippen molar-refractivity contribution >= 4 is 11.9 Å². The third kappa shape index (κ3) is 4.34. The highest BCUT2D eigenvalue weighted by molar-refractivity contribution is 5.83. The first-order valence-electron chi connectivity index (χ1n) is 6.30. The number of carbonyl (C=O) groups excluding carboxylic acids is 1. The van der Waals surface area contributed by atoms with Crippen LogP contribution in [-0.2, 0) is 9.59 Å². The normalized spacial score (nSPS) is 24.4. The monoisotopic (exact) mass is 242 g/mol. The van der Waals surface area contributed by atoms with Gasteiger partial charge in [-0.1, -0.05) is 13.3 Å². The lowest BCUT2D eigenvalue weighted by molar-refractivity contribution is -0.146. The van der Waals surface area contributed by atoms with Gasteiger partial charge in [0.15, 0.2) is 0 Å². The van der Waals surface area contributed by atoms with E-state index in [4.69, 9.17) is 10.8 Å². The Kier molecular flexibility index (Phi) is 5.41. The minimum Gasteiger partial charge on any atom is -0.480 e. The van der Waals surface area contributed by atoms with Crippen LogP contribution in [0, 0.1) is 5.92 Å². The Morgan fingerprint density at radius 1 is 1.41 bits per heavy atom. The SMILES string of the molecule is CCCN(CC(=O)O)C(=O)C1CCCC(N)C1. The fraction of sp³-hybridized carbons (Fsp3) is 0.833. The number of nitrogens with zero attached hydrogens (tertiary/aromatic N) is 1. The molecular weight excluding hydrogens is 220 g/mol. The fourth-order valence-corrected chi connectivity index (χ4v) is 2.41. The Bertz CT molecular complexity index is 281. The maximum absolute atomic E-state index is 12.2. The van der Waals surface area contributed by atoms with Gasteiger partial charge in [0.1, 0.15) is 6.54 Å². The van der Waals surface area contributed by atoms with Crippen molar-refractivity contribution in [2.75, 3.05) is 13.1 Å². The van der Waals surface area contributed by atoms with Crippen LogP contribution < -0.4 is 5.73 Å². The molecule has 0 heterocycles. The molecule has 5 heteroatoms. The number of nitrogens with two attached hydrogens (primary N) is 1. The van der Waals surface area contributed by atoms with Crippen molar-refractivity contribution in [1.82, 2.24) is 4.90 Å². The molecule has 2 atom stereocenters. The van der Waals surface area contributed by atoms with Crippen molar-refractivity contribution in [2.45, 2.75) is 45.1 Å². The number of carboxylic acids is 1. The minimum atomic E-state index is -0.952. The van der Waals surface area contributed by atoms with Crippen LogP contribution >= 0.6 is 0 Å². The third-order valence-corrected chi connectivity index (χ3v) is 3.20. The molecule has 1 aliphatic carbocycles. The summed E-state index contributed by atoms with van der Waals surface area (Å²) in [7, 11) is 0. The van der Waals surface area contributed by atoms with Gasteiger partial charge in [0.25, 0.3) is 0 Å². The highest BCUT2D eigenvalue weighted by Gasteiger charge is 2.29. The van der Waals surface area contributed by atoms with E-state index in [0.717, 1.165) is 25.7 Å². The van der Waals surface area contributed by atoms with Gasteiger partial charge in [0.2, 0.25) is 5.91 Å². The molecule has 0 radical (unpaired) electrons. The number of rotatable bonds is 5. The number of hydrogen-bond donors (Lipinski definition) is 2. The van der Waals surface area contributed by atoms with E-state index in [1.165, 1.54) is 4.90 Å². The quantitative estimate of drug-likeness (QED) is 0.748. The number of carboxylic acid groups (broad SMARTS) is 1. The van der Waals surface area contributed by atoms with Gasteiger partial charge >= 0.3 is 5.97 Å². The first-order valence-corrected chi connectivity index (χ1v) is 6.30. The Labute approximate surface area is 102 Å². The van der Waals surface area contributed by atoms with Crippen LogP contribution in [-0.4, -0.2) is 41.0 Å². The second kappa shape index (κ2) is 6.59. The van der Waals surface area contributed by atoms with Crippen molar-refractivity contribution in [1.29, 1.82) is 0 Å². The maximum Gasteiger partial charge on any atom is 0.323 e. The lowest BCUT2D eigenvalue weighted by atomic mass is 9.85. The molecule has 1 fully saturated rings. The Morgan fingerprint density at radius 3 is 2.65 bits per heavy atom. The fourth-order valence-electron chi connectivity index (χ4n) is 2.41. The minimum absolute atomic E-state index is 0.0376. The summed E-state index contributed by atoms with van der Waals surface area (Å²) in [4.78, 5) is 24.3. The Hall–Kier alpha value is -1.10. The molecule has 0 aliphatic heterocycles. The second-order valence-corrected chi connectivity index (χ2v) is 4.78. The number of hydrogen-bond acceptors (Lipinski definition) is 3. The van der Waals surface area contributed by atoms with Gasteiger partial charge in [-0.25, -0.2) is 0 Å². The van der Waals surface area contributed by atoms with Crippen molar-refractivity contribution in [3.8, 4) is 0 Å². The molecule has 0 aromatic heterocycles. The molecule has 0 spiro atoms. The molecule has 3 N–H and O–H groups in total. The summed E-state index contributed by atoms with van der Waals surface area (Å²) in [6, 6.07) is 0.0889. The van der Waals surface area contributed by atoms with Gasteiger partial charge in [0.05, 0.1) is 0 Å². The summed E-state index contributed by atoms with van der Waals surface area (Å²) in [6.45, 7) is 2.25. The molecule has 0 aromatic rings. The molecule has 1 rings (SSSR count). The van der Waals surface area contributed by atoms with E-state index in [1.807, 2.05) is 6.92 Å². The molecule has 1 amide bonds. The number of aliphatic carboxylic acids is 1. The van der Waals surface area contributed by atoms with Crippen LogP contribution in [0.1, 0.15) is 39.0 Å². The molecule has 5 nitrogen and oxygen atoms in total. The van der Waals surface area contributed by atoms with E-state index < -0.39 is 5.97 Å².